The number of ether oxygens (including phenoxy) is 3. The molecule has 0 radical (unpaired) electrons. The molecule has 0 heterocycles. The van der Waals surface area contributed by atoms with Crippen LogP contribution in [-0.2, 0) is 28.6 Å². The second-order valence-corrected chi connectivity index (χ2v) is 19.1. The van der Waals surface area contributed by atoms with E-state index in [-0.39, 0.29) is 31.1 Å². The Kier molecular flexibility index (Phi) is 55.4. The Labute approximate surface area is 438 Å². The molecule has 0 rings (SSSR count). The van der Waals surface area contributed by atoms with Gasteiger partial charge in [0, 0.05) is 19.3 Å². The van der Waals surface area contributed by atoms with Gasteiger partial charge in [0.2, 0.25) is 0 Å². The van der Waals surface area contributed by atoms with Gasteiger partial charge in [-0.05, 0) is 122 Å². The maximum atomic E-state index is 12.9. The molecule has 6 heteroatoms. The first kappa shape index (κ1) is 67.1. The van der Waals surface area contributed by atoms with E-state index in [4.69, 9.17) is 14.2 Å². The Morgan fingerprint density at radius 2 is 0.549 bits per heavy atom. The van der Waals surface area contributed by atoms with Crippen LogP contribution in [-0.4, -0.2) is 37.2 Å². The number of hydrogen-bond acceptors (Lipinski definition) is 6. The van der Waals surface area contributed by atoms with Crippen LogP contribution in [0.5, 0.6) is 0 Å². The molecule has 0 N–H and O–H groups in total. The van der Waals surface area contributed by atoms with Crippen molar-refractivity contribution in [3.63, 3.8) is 0 Å². The first-order chi connectivity index (χ1) is 35.0. The highest BCUT2D eigenvalue weighted by molar-refractivity contribution is 5.71. The minimum atomic E-state index is -0.794. The molecule has 0 aliphatic rings. The standard InChI is InChI=1S/C65H108O6/c1-4-7-10-13-16-19-22-25-27-29-30-31-32-33-34-36-37-40-43-46-49-52-55-58-64(67)70-61-62(60-69-63(66)57-54-51-48-45-42-39-24-21-18-15-12-9-6-3)71-65(68)59-56-53-50-47-44-41-38-35-28-26-23-20-17-14-11-8-5-2/h7-8,10-11,16-17,19-21,24-28,30-31,33-34,62H,4-6,9,12-15,18,22-23,29,32,35-61H2,1-3H3/b10-7-,11-8-,19-16-,20-17-,24-21-,27-25-,28-26-,31-30-,34-33-. The van der Waals surface area contributed by atoms with Crippen LogP contribution < -0.4 is 0 Å². The fraction of sp³-hybridized carbons (Fsp3) is 0.677. The molecule has 404 valence electrons. The summed E-state index contributed by atoms with van der Waals surface area (Å²) in [6.45, 7) is 6.38. The third-order valence-corrected chi connectivity index (χ3v) is 12.2. The average Bonchev–Trinajstić information content (AvgIpc) is 3.37. The van der Waals surface area contributed by atoms with E-state index in [0.717, 1.165) is 128 Å². The summed E-state index contributed by atoms with van der Waals surface area (Å²) in [6.07, 6.45) is 79.3. The van der Waals surface area contributed by atoms with Gasteiger partial charge in [0.25, 0.3) is 0 Å². The lowest BCUT2D eigenvalue weighted by atomic mass is 10.1. The van der Waals surface area contributed by atoms with Crippen LogP contribution in [0.25, 0.3) is 0 Å². The minimum Gasteiger partial charge on any atom is -0.462 e. The number of hydrogen-bond donors (Lipinski definition) is 0. The van der Waals surface area contributed by atoms with E-state index in [0.29, 0.717) is 19.3 Å². The zero-order valence-corrected chi connectivity index (χ0v) is 46.2. The molecule has 0 bridgehead atoms. The largest absolute Gasteiger partial charge is 0.462 e. The van der Waals surface area contributed by atoms with Crippen LogP contribution in [0.4, 0.5) is 0 Å². The van der Waals surface area contributed by atoms with E-state index in [1.54, 1.807) is 0 Å². The Morgan fingerprint density at radius 3 is 0.873 bits per heavy atom. The summed E-state index contributed by atoms with van der Waals surface area (Å²) < 4.78 is 16.9. The van der Waals surface area contributed by atoms with Crippen LogP contribution in [0.1, 0.15) is 265 Å². The molecule has 0 aromatic heterocycles. The maximum Gasteiger partial charge on any atom is 0.306 e. The molecule has 6 nitrogen and oxygen atoms in total. The van der Waals surface area contributed by atoms with Gasteiger partial charge < -0.3 is 14.2 Å². The van der Waals surface area contributed by atoms with Gasteiger partial charge in [0.15, 0.2) is 6.10 Å². The summed E-state index contributed by atoms with van der Waals surface area (Å²) in [7, 11) is 0. The van der Waals surface area contributed by atoms with E-state index in [1.165, 1.54) is 96.3 Å². The molecular weight excluding hydrogens is 877 g/mol. The van der Waals surface area contributed by atoms with Crippen molar-refractivity contribution in [2.24, 2.45) is 0 Å². The number of carbonyl (C=O) groups excluding carboxylic acids is 3. The summed E-state index contributed by atoms with van der Waals surface area (Å²) in [5, 5.41) is 0. The molecule has 1 atom stereocenters. The van der Waals surface area contributed by atoms with Crippen LogP contribution in [0.2, 0.25) is 0 Å². The van der Waals surface area contributed by atoms with Gasteiger partial charge in [-0.3, -0.25) is 14.4 Å². The topological polar surface area (TPSA) is 78.9 Å². The molecule has 0 aliphatic heterocycles. The summed E-state index contributed by atoms with van der Waals surface area (Å²) in [5.41, 5.74) is 0. The lowest BCUT2D eigenvalue weighted by molar-refractivity contribution is -0.167. The van der Waals surface area contributed by atoms with Crippen molar-refractivity contribution in [3.8, 4) is 0 Å². The van der Waals surface area contributed by atoms with E-state index < -0.39 is 6.10 Å². The molecule has 0 spiro atoms. The first-order valence-electron chi connectivity index (χ1n) is 29.4. The summed E-state index contributed by atoms with van der Waals surface area (Å²) in [5.74, 6) is -0.918. The van der Waals surface area contributed by atoms with Gasteiger partial charge in [0.1, 0.15) is 13.2 Å². The predicted molar refractivity (Wildman–Crippen MR) is 307 cm³/mol. The van der Waals surface area contributed by atoms with Gasteiger partial charge >= 0.3 is 17.9 Å². The Balaban J connectivity index is 4.40. The van der Waals surface area contributed by atoms with Crippen molar-refractivity contribution in [2.45, 2.75) is 271 Å². The van der Waals surface area contributed by atoms with Gasteiger partial charge in [-0.25, -0.2) is 0 Å². The number of allylic oxidation sites excluding steroid dienone is 18. The zero-order valence-electron chi connectivity index (χ0n) is 46.2. The fourth-order valence-electron chi connectivity index (χ4n) is 7.89. The molecule has 1 unspecified atom stereocenters. The van der Waals surface area contributed by atoms with Crippen molar-refractivity contribution in [1.29, 1.82) is 0 Å². The molecular formula is C65H108O6. The second kappa shape index (κ2) is 58.6. The number of carbonyl (C=O) groups is 3. The van der Waals surface area contributed by atoms with Crippen LogP contribution >= 0.6 is 0 Å². The highest BCUT2D eigenvalue weighted by Gasteiger charge is 2.19. The lowest BCUT2D eigenvalue weighted by Crippen LogP contribution is -2.30. The van der Waals surface area contributed by atoms with Crippen molar-refractivity contribution in [2.75, 3.05) is 13.2 Å². The van der Waals surface area contributed by atoms with Crippen LogP contribution in [0.15, 0.2) is 109 Å². The molecule has 0 aromatic rings. The normalized spacial score (nSPS) is 12.9. The van der Waals surface area contributed by atoms with Crippen molar-refractivity contribution in [3.05, 3.63) is 109 Å². The van der Waals surface area contributed by atoms with E-state index in [2.05, 4.69) is 130 Å². The van der Waals surface area contributed by atoms with E-state index in [1.807, 2.05) is 0 Å². The van der Waals surface area contributed by atoms with Crippen molar-refractivity contribution >= 4 is 17.9 Å². The van der Waals surface area contributed by atoms with Gasteiger partial charge in [-0.1, -0.05) is 233 Å². The zero-order chi connectivity index (χ0) is 51.4. The average molecular weight is 986 g/mol. The fourth-order valence-corrected chi connectivity index (χ4v) is 7.89. The van der Waals surface area contributed by atoms with Gasteiger partial charge in [-0.15, -0.1) is 0 Å². The second-order valence-electron chi connectivity index (χ2n) is 19.1. The van der Waals surface area contributed by atoms with Crippen LogP contribution in [0.3, 0.4) is 0 Å². The minimum absolute atomic E-state index is 0.0910. The van der Waals surface area contributed by atoms with Gasteiger partial charge in [-0.2, -0.15) is 0 Å². The maximum absolute atomic E-state index is 12.9. The number of unbranched alkanes of at least 4 members (excludes halogenated alkanes) is 23. The molecule has 0 aromatic carbocycles. The lowest BCUT2D eigenvalue weighted by Gasteiger charge is -2.18. The number of esters is 3. The van der Waals surface area contributed by atoms with E-state index >= 15 is 0 Å². The third kappa shape index (κ3) is 56.9. The molecule has 0 fully saturated rings. The van der Waals surface area contributed by atoms with Crippen molar-refractivity contribution in [1.82, 2.24) is 0 Å². The molecule has 0 aliphatic carbocycles. The summed E-state index contributed by atoms with van der Waals surface area (Å²) in [6, 6.07) is 0. The van der Waals surface area contributed by atoms with Gasteiger partial charge in [0.05, 0.1) is 0 Å². The first-order valence-corrected chi connectivity index (χ1v) is 29.4. The molecule has 0 saturated carbocycles. The molecule has 0 saturated heterocycles. The summed E-state index contributed by atoms with van der Waals surface area (Å²) >= 11 is 0. The Morgan fingerprint density at radius 1 is 0.296 bits per heavy atom. The quantitative estimate of drug-likeness (QED) is 0.0261. The monoisotopic (exact) mass is 985 g/mol. The highest BCUT2D eigenvalue weighted by atomic mass is 16.6. The predicted octanol–water partition coefficient (Wildman–Crippen LogP) is 19.9. The van der Waals surface area contributed by atoms with Crippen molar-refractivity contribution < 1.29 is 28.6 Å². The molecule has 71 heavy (non-hydrogen) atoms. The summed E-state index contributed by atoms with van der Waals surface area (Å²) in [4.78, 5) is 38.2. The SMILES string of the molecule is CC/C=C\C/C=C\C/C=C\C/C=C\C/C=C\CCCCCCCCCC(=O)OCC(COC(=O)CCCCCCC/C=C\CCCCCC)OC(=O)CCCCCCCCC/C=C\C/C=C\C/C=C\CC. The highest BCUT2D eigenvalue weighted by Crippen LogP contribution is 2.15. The van der Waals surface area contributed by atoms with E-state index in [9.17, 15) is 14.4 Å². The Hall–Kier alpha value is -3.93. The smallest absolute Gasteiger partial charge is 0.306 e. The third-order valence-electron chi connectivity index (χ3n) is 12.2. The number of rotatable bonds is 52. The Bertz CT molecular complexity index is 1460. The molecule has 0 amide bonds. The van der Waals surface area contributed by atoms with Crippen LogP contribution in [0, 0.1) is 0 Å².